The average molecular weight is 387 g/mol. The van der Waals surface area contributed by atoms with Gasteiger partial charge in [0.25, 0.3) is 5.91 Å². The van der Waals surface area contributed by atoms with E-state index in [1.807, 2.05) is 0 Å². The van der Waals surface area contributed by atoms with Crippen molar-refractivity contribution in [2.75, 3.05) is 19.6 Å². The van der Waals surface area contributed by atoms with Gasteiger partial charge in [-0.3, -0.25) is 9.36 Å². The molecule has 1 aliphatic rings. The maximum atomic E-state index is 12.8. The van der Waals surface area contributed by atoms with E-state index < -0.39 is 11.7 Å². The van der Waals surface area contributed by atoms with Gasteiger partial charge in [-0.05, 0) is 50.0 Å². The lowest BCUT2D eigenvalue weighted by Crippen LogP contribution is -2.36. The van der Waals surface area contributed by atoms with E-state index in [1.54, 1.807) is 18.3 Å². The number of rotatable bonds is 4. The van der Waals surface area contributed by atoms with Gasteiger partial charge < -0.3 is 10.6 Å². The van der Waals surface area contributed by atoms with Crippen LogP contribution >= 0.6 is 11.6 Å². The zero-order chi connectivity index (χ0) is 18.7. The minimum absolute atomic E-state index is 0.0803. The summed E-state index contributed by atoms with van der Waals surface area (Å²) in [5, 5.41) is 5.97. The standard InChI is InChI=1S/C17H18ClF3N4O/c18-13-8-12(17(19,20)21)10-23-15(13)25-7-1-2-14(25)16(26)24-9-11-3-5-22-6-4-11/h1-2,7-8,10-11,22H,3-6,9H2,(H,24,26). The molecule has 0 unspecified atom stereocenters. The Morgan fingerprint density at radius 1 is 1.38 bits per heavy atom. The van der Waals surface area contributed by atoms with Crippen molar-refractivity contribution in [2.24, 2.45) is 5.92 Å². The van der Waals surface area contributed by atoms with Crippen molar-refractivity contribution in [3.63, 3.8) is 0 Å². The number of piperidine rings is 1. The molecule has 140 valence electrons. The van der Waals surface area contributed by atoms with Crippen molar-refractivity contribution in [3.05, 3.63) is 46.9 Å². The highest BCUT2D eigenvalue weighted by Gasteiger charge is 2.32. The molecular weight excluding hydrogens is 369 g/mol. The van der Waals surface area contributed by atoms with Gasteiger partial charge in [0, 0.05) is 18.9 Å². The fourth-order valence-corrected chi connectivity index (χ4v) is 3.18. The molecule has 2 aromatic rings. The summed E-state index contributed by atoms with van der Waals surface area (Å²) in [5.41, 5.74) is -0.664. The molecule has 3 heterocycles. The van der Waals surface area contributed by atoms with Crippen LogP contribution in [0.4, 0.5) is 13.2 Å². The lowest BCUT2D eigenvalue weighted by atomic mass is 9.98. The average Bonchev–Trinajstić information content (AvgIpc) is 3.09. The number of nitrogens with one attached hydrogen (secondary N) is 2. The summed E-state index contributed by atoms with van der Waals surface area (Å²) in [4.78, 5) is 16.3. The molecule has 1 saturated heterocycles. The zero-order valence-corrected chi connectivity index (χ0v) is 14.6. The second-order valence-electron chi connectivity index (χ2n) is 6.19. The number of nitrogens with zero attached hydrogens (tertiary/aromatic N) is 2. The van der Waals surface area contributed by atoms with Crippen LogP contribution in [0.1, 0.15) is 28.9 Å². The molecule has 1 amide bonds. The molecule has 3 rings (SSSR count). The van der Waals surface area contributed by atoms with Crippen molar-refractivity contribution in [3.8, 4) is 5.82 Å². The summed E-state index contributed by atoms with van der Waals surface area (Å²) >= 11 is 5.98. The van der Waals surface area contributed by atoms with Crippen LogP contribution in [0.5, 0.6) is 0 Å². The summed E-state index contributed by atoms with van der Waals surface area (Å²) in [6, 6.07) is 4.00. The molecule has 0 aliphatic carbocycles. The Labute approximate surface area is 153 Å². The summed E-state index contributed by atoms with van der Waals surface area (Å²) in [6.07, 6.45) is -0.291. The van der Waals surface area contributed by atoms with Gasteiger partial charge in [-0.1, -0.05) is 11.6 Å². The Bertz CT molecular complexity index is 785. The fraction of sp³-hybridized carbons (Fsp3) is 0.412. The van der Waals surface area contributed by atoms with Crippen LogP contribution in [-0.4, -0.2) is 35.1 Å². The van der Waals surface area contributed by atoms with E-state index in [2.05, 4.69) is 15.6 Å². The number of pyridine rings is 1. The van der Waals surface area contributed by atoms with E-state index in [0.29, 0.717) is 18.7 Å². The normalized spacial score (nSPS) is 15.8. The van der Waals surface area contributed by atoms with Gasteiger partial charge >= 0.3 is 6.18 Å². The molecule has 0 saturated carbocycles. The van der Waals surface area contributed by atoms with Crippen LogP contribution < -0.4 is 10.6 Å². The minimum atomic E-state index is -4.53. The molecule has 0 spiro atoms. The third-order valence-electron chi connectivity index (χ3n) is 4.37. The number of hydrogen-bond acceptors (Lipinski definition) is 3. The Morgan fingerprint density at radius 3 is 2.77 bits per heavy atom. The van der Waals surface area contributed by atoms with E-state index >= 15 is 0 Å². The maximum Gasteiger partial charge on any atom is 0.417 e. The van der Waals surface area contributed by atoms with Crippen molar-refractivity contribution >= 4 is 17.5 Å². The number of carbonyl (C=O) groups excluding carboxylic acids is 1. The molecule has 1 aliphatic heterocycles. The summed E-state index contributed by atoms with van der Waals surface area (Å²) in [5.74, 6) is 0.180. The topological polar surface area (TPSA) is 59.0 Å². The molecule has 9 heteroatoms. The number of amides is 1. The summed E-state index contributed by atoms with van der Waals surface area (Å²) < 4.78 is 39.6. The first kappa shape index (κ1) is 18.7. The molecular formula is C17H18ClF3N4O. The number of hydrogen-bond donors (Lipinski definition) is 2. The van der Waals surface area contributed by atoms with Gasteiger partial charge in [0.05, 0.1) is 10.6 Å². The Morgan fingerprint density at radius 2 is 2.12 bits per heavy atom. The first-order valence-electron chi connectivity index (χ1n) is 8.25. The highest BCUT2D eigenvalue weighted by atomic mass is 35.5. The van der Waals surface area contributed by atoms with Crippen molar-refractivity contribution in [1.82, 2.24) is 20.2 Å². The molecule has 0 bridgehead atoms. The van der Waals surface area contributed by atoms with E-state index in [4.69, 9.17) is 11.6 Å². The van der Waals surface area contributed by atoms with Crippen molar-refractivity contribution in [1.29, 1.82) is 0 Å². The second kappa shape index (κ2) is 7.67. The van der Waals surface area contributed by atoms with Gasteiger partial charge in [0.1, 0.15) is 5.69 Å². The number of carbonyl (C=O) groups is 1. The molecule has 0 radical (unpaired) electrons. The van der Waals surface area contributed by atoms with Gasteiger partial charge in [-0.25, -0.2) is 4.98 Å². The lowest BCUT2D eigenvalue weighted by Gasteiger charge is -2.22. The molecule has 0 aromatic carbocycles. The largest absolute Gasteiger partial charge is 0.417 e. The van der Waals surface area contributed by atoms with Crippen LogP contribution in [0, 0.1) is 5.92 Å². The van der Waals surface area contributed by atoms with E-state index in [-0.39, 0.29) is 22.4 Å². The molecule has 2 aromatic heterocycles. The van der Waals surface area contributed by atoms with Crippen LogP contribution in [0.15, 0.2) is 30.6 Å². The van der Waals surface area contributed by atoms with Crippen molar-refractivity contribution < 1.29 is 18.0 Å². The molecule has 2 N–H and O–H groups in total. The predicted molar refractivity (Wildman–Crippen MR) is 91.5 cm³/mol. The zero-order valence-electron chi connectivity index (χ0n) is 13.8. The Balaban J connectivity index is 1.76. The van der Waals surface area contributed by atoms with Crippen LogP contribution in [0.3, 0.4) is 0 Å². The molecule has 5 nitrogen and oxygen atoms in total. The quantitative estimate of drug-likeness (QED) is 0.847. The fourth-order valence-electron chi connectivity index (χ4n) is 2.93. The number of alkyl halides is 3. The minimum Gasteiger partial charge on any atom is -0.350 e. The molecule has 26 heavy (non-hydrogen) atoms. The Kier molecular flexibility index (Phi) is 5.52. The van der Waals surface area contributed by atoms with Gasteiger partial charge in [0.15, 0.2) is 5.82 Å². The highest BCUT2D eigenvalue weighted by molar-refractivity contribution is 6.32. The SMILES string of the molecule is O=C(NCC1CCNCC1)c1cccn1-c1ncc(C(F)(F)F)cc1Cl. The number of aromatic nitrogens is 2. The first-order valence-corrected chi connectivity index (χ1v) is 8.63. The first-order chi connectivity index (χ1) is 12.4. The summed E-state index contributed by atoms with van der Waals surface area (Å²) in [6.45, 7) is 2.42. The van der Waals surface area contributed by atoms with Crippen molar-refractivity contribution in [2.45, 2.75) is 19.0 Å². The monoisotopic (exact) mass is 386 g/mol. The smallest absolute Gasteiger partial charge is 0.350 e. The molecule has 0 atom stereocenters. The predicted octanol–water partition coefficient (Wildman–Crippen LogP) is 3.27. The lowest BCUT2D eigenvalue weighted by molar-refractivity contribution is -0.137. The third-order valence-corrected chi connectivity index (χ3v) is 4.65. The highest BCUT2D eigenvalue weighted by Crippen LogP contribution is 2.32. The maximum absolute atomic E-state index is 12.8. The van der Waals surface area contributed by atoms with Crippen LogP contribution in [0.25, 0.3) is 5.82 Å². The van der Waals surface area contributed by atoms with E-state index in [1.165, 1.54) is 4.57 Å². The van der Waals surface area contributed by atoms with Crippen LogP contribution in [-0.2, 0) is 6.18 Å². The Hall–Kier alpha value is -2.06. The van der Waals surface area contributed by atoms with Crippen LogP contribution in [0.2, 0.25) is 5.02 Å². The molecule has 1 fully saturated rings. The van der Waals surface area contributed by atoms with Gasteiger partial charge in [-0.15, -0.1) is 0 Å². The number of halogens is 4. The van der Waals surface area contributed by atoms with Gasteiger partial charge in [-0.2, -0.15) is 13.2 Å². The van der Waals surface area contributed by atoms with E-state index in [9.17, 15) is 18.0 Å². The summed E-state index contributed by atoms with van der Waals surface area (Å²) in [7, 11) is 0. The second-order valence-corrected chi connectivity index (χ2v) is 6.60. The third kappa shape index (κ3) is 4.19. The van der Waals surface area contributed by atoms with Gasteiger partial charge in [0.2, 0.25) is 0 Å². The van der Waals surface area contributed by atoms with E-state index in [0.717, 1.165) is 32.0 Å².